The number of amidine groups is 2. The van der Waals surface area contributed by atoms with E-state index in [1.165, 1.54) is 42.5 Å². The van der Waals surface area contributed by atoms with Crippen molar-refractivity contribution in [3.05, 3.63) is 65.2 Å². The summed E-state index contributed by atoms with van der Waals surface area (Å²) in [5.74, 6) is -1.18. The predicted octanol–water partition coefficient (Wildman–Crippen LogP) is 3.41. The second kappa shape index (κ2) is 9.64. The quantitative estimate of drug-likeness (QED) is 0.428. The molecular formula is C23H22N4O6S3. The Morgan fingerprint density at radius 3 is 2.31 bits per heavy atom. The molecule has 0 atom stereocenters. The average molecular weight is 547 g/mol. The zero-order chi connectivity index (χ0) is 26.3. The van der Waals surface area contributed by atoms with Crippen molar-refractivity contribution in [3.63, 3.8) is 0 Å². The van der Waals surface area contributed by atoms with E-state index >= 15 is 0 Å². The Labute approximate surface area is 213 Å². The zero-order valence-electron chi connectivity index (χ0n) is 19.5. The summed E-state index contributed by atoms with van der Waals surface area (Å²) in [7, 11) is -7.69. The normalized spacial score (nSPS) is 17.3. The van der Waals surface area contributed by atoms with Crippen LogP contribution in [0.1, 0.15) is 25.0 Å². The fourth-order valence-corrected chi connectivity index (χ4v) is 6.99. The van der Waals surface area contributed by atoms with Crippen LogP contribution in [0.4, 0.5) is 0 Å². The number of carbonyl (C=O) groups excluding carboxylic acids is 1. The fourth-order valence-electron chi connectivity index (χ4n) is 3.28. The van der Waals surface area contributed by atoms with Gasteiger partial charge in [-0.1, -0.05) is 43.7 Å². The number of hydrogen-bond acceptors (Lipinski definition) is 9. The van der Waals surface area contributed by atoms with Crippen molar-refractivity contribution in [1.82, 2.24) is 5.01 Å². The van der Waals surface area contributed by atoms with Crippen LogP contribution in [0.3, 0.4) is 0 Å². The van der Waals surface area contributed by atoms with Crippen molar-refractivity contribution in [2.75, 3.05) is 5.75 Å². The molecule has 0 fully saturated rings. The third-order valence-electron chi connectivity index (χ3n) is 4.96. The first-order valence-corrected chi connectivity index (χ1v) is 14.6. The van der Waals surface area contributed by atoms with Gasteiger partial charge in [-0.25, -0.2) is 8.42 Å². The molecule has 2 heterocycles. The summed E-state index contributed by atoms with van der Waals surface area (Å²) in [5.41, 5.74) is 1.30. The number of benzene rings is 2. The third kappa shape index (κ3) is 5.42. The first-order valence-electron chi connectivity index (χ1n) is 10.7. The van der Waals surface area contributed by atoms with Gasteiger partial charge in [-0.3, -0.25) is 10.2 Å². The summed E-state index contributed by atoms with van der Waals surface area (Å²) < 4.78 is 55.0. The summed E-state index contributed by atoms with van der Waals surface area (Å²) >= 11 is 0.741. The topological polar surface area (TPSA) is 146 Å². The monoisotopic (exact) mass is 546 g/mol. The van der Waals surface area contributed by atoms with Crippen molar-refractivity contribution in [2.24, 2.45) is 16.0 Å². The van der Waals surface area contributed by atoms with Gasteiger partial charge in [-0.2, -0.15) is 18.4 Å². The second-order valence-corrected chi connectivity index (χ2v) is 13.2. The molecule has 0 radical (unpaired) electrons. The molecule has 4 rings (SSSR count). The van der Waals surface area contributed by atoms with E-state index in [1.54, 1.807) is 26.0 Å². The van der Waals surface area contributed by atoms with Crippen LogP contribution in [0.5, 0.6) is 5.75 Å². The first-order chi connectivity index (χ1) is 16.9. The number of fused-ring (bicyclic) bond motifs is 1. The van der Waals surface area contributed by atoms with Gasteiger partial charge in [0.2, 0.25) is 19.4 Å². The number of nitrogens with zero attached hydrogens (tertiary/aromatic N) is 3. The molecule has 0 saturated carbocycles. The third-order valence-corrected chi connectivity index (χ3v) is 9.66. The van der Waals surface area contributed by atoms with Crippen LogP contribution in [0.25, 0.3) is 6.08 Å². The molecule has 2 aliphatic rings. The van der Waals surface area contributed by atoms with Crippen LogP contribution < -0.4 is 4.18 Å². The molecule has 13 heteroatoms. The van der Waals surface area contributed by atoms with Crippen LogP contribution in [-0.4, -0.2) is 48.9 Å². The van der Waals surface area contributed by atoms with Gasteiger partial charge in [0.25, 0.3) is 5.91 Å². The van der Waals surface area contributed by atoms with Gasteiger partial charge in [-0.15, -0.1) is 5.10 Å². The van der Waals surface area contributed by atoms with E-state index in [0.29, 0.717) is 5.56 Å². The molecule has 1 amide bonds. The number of sulfone groups is 1. The van der Waals surface area contributed by atoms with Gasteiger partial charge >= 0.3 is 10.1 Å². The van der Waals surface area contributed by atoms with Crippen molar-refractivity contribution in [2.45, 2.75) is 25.7 Å². The van der Waals surface area contributed by atoms with E-state index < -0.39 is 25.9 Å². The molecule has 36 heavy (non-hydrogen) atoms. The van der Waals surface area contributed by atoms with Gasteiger partial charge < -0.3 is 4.18 Å². The molecule has 0 aliphatic carbocycles. The molecule has 0 unspecified atom stereocenters. The maximum absolute atomic E-state index is 12.6. The molecule has 10 nitrogen and oxygen atoms in total. The molecule has 0 bridgehead atoms. The van der Waals surface area contributed by atoms with Gasteiger partial charge in [0, 0.05) is 0 Å². The number of aliphatic imine (C=N–C) groups is 1. The molecule has 0 saturated heterocycles. The molecular weight excluding hydrogens is 524 g/mol. The molecule has 188 valence electrons. The lowest BCUT2D eigenvalue weighted by molar-refractivity contribution is -0.114. The van der Waals surface area contributed by atoms with Gasteiger partial charge in [0.1, 0.15) is 10.6 Å². The van der Waals surface area contributed by atoms with Crippen LogP contribution in [0.2, 0.25) is 0 Å². The number of hydrogen-bond donors (Lipinski definition) is 1. The highest BCUT2D eigenvalue weighted by molar-refractivity contribution is 8.42. The Morgan fingerprint density at radius 2 is 1.69 bits per heavy atom. The fraction of sp³-hybridized carbons (Fsp3) is 0.217. The number of rotatable bonds is 6. The number of amides is 1. The maximum Gasteiger partial charge on any atom is 0.339 e. The molecule has 0 aromatic heterocycles. The molecule has 2 aromatic carbocycles. The minimum absolute atomic E-state index is 0.00883. The Morgan fingerprint density at radius 1 is 1.06 bits per heavy atom. The molecule has 2 aliphatic heterocycles. The summed E-state index contributed by atoms with van der Waals surface area (Å²) in [4.78, 5) is 16.5. The van der Waals surface area contributed by atoms with Crippen molar-refractivity contribution >= 4 is 59.1 Å². The van der Waals surface area contributed by atoms with E-state index in [4.69, 9.17) is 9.59 Å². The predicted molar refractivity (Wildman–Crippen MR) is 139 cm³/mol. The van der Waals surface area contributed by atoms with E-state index in [9.17, 15) is 21.6 Å². The van der Waals surface area contributed by atoms with Gasteiger partial charge in [0.05, 0.1) is 11.3 Å². The Kier molecular flexibility index (Phi) is 6.90. The summed E-state index contributed by atoms with van der Waals surface area (Å²) in [6.07, 6.45) is 1.39. The highest BCUT2D eigenvalue weighted by atomic mass is 32.3. The first kappa shape index (κ1) is 25.8. The second-order valence-electron chi connectivity index (χ2n) is 8.48. The van der Waals surface area contributed by atoms with E-state index in [-0.39, 0.29) is 43.3 Å². The lowest BCUT2D eigenvalue weighted by Crippen LogP contribution is -2.35. The maximum atomic E-state index is 12.6. The smallest absolute Gasteiger partial charge is 0.339 e. The average Bonchev–Trinajstić information content (AvgIpc) is 3.22. The number of carbonyl (C=O) groups is 1. The van der Waals surface area contributed by atoms with Gasteiger partial charge in [0.15, 0.2) is 5.84 Å². The summed E-state index contributed by atoms with van der Waals surface area (Å²) in [5, 5.41) is 13.5. The molecule has 1 N–H and O–H groups in total. The molecule has 2 aromatic rings. The lowest BCUT2D eigenvalue weighted by Gasteiger charge is -2.20. The zero-order valence-corrected chi connectivity index (χ0v) is 21.9. The number of aryl methyl sites for hydroxylation is 1. The number of nitrogens with one attached hydrogen (secondary N) is 1. The van der Waals surface area contributed by atoms with Crippen LogP contribution >= 0.6 is 11.8 Å². The number of thioether (sulfide) groups is 1. The largest absolute Gasteiger partial charge is 0.379 e. The Bertz CT molecular complexity index is 1540. The summed E-state index contributed by atoms with van der Waals surface area (Å²) in [6, 6.07) is 12.1. The van der Waals surface area contributed by atoms with Crippen molar-refractivity contribution in [3.8, 4) is 5.75 Å². The van der Waals surface area contributed by atoms with Gasteiger partial charge in [-0.05, 0) is 60.5 Å². The lowest BCUT2D eigenvalue weighted by atomic mass is 10.1. The summed E-state index contributed by atoms with van der Waals surface area (Å²) in [6.45, 7) is 5.38. The van der Waals surface area contributed by atoms with Crippen LogP contribution in [-0.2, 0) is 24.7 Å². The Hall–Kier alpha value is -3.29. The van der Waals surface area contributed by atoms with E-state index in [2.05, 4.69) is 10.1 Å². The SMILES string of the molecule is Cc1ccc(S(=O)(=O)Oc2ccc(/C=C3/C(=N)N4N=C(S(=O)(=O)CC(C)C)SC4=NC3=O)cc2)cc1. The minimum atomic E-state index is -4.02. The highest BCUT2D eigenvalue weighted by Gasteiger charge is 2.39. The van der Waals surface area contributed by atoms with Crippen LogP contribution in [0.15, 0.2) is 69.1 Å². The molecule has 0 spiro atoms. The Balaban J connectivity index is 1.54. The van der Waals surface area contributed by atoms with Crippen molar-refractivity contribution in [1.29, 1.82) is 5.41 Å². The minimum Gasteiger partial charge on any atom is -0.379 e. The van der Waals surface area contributed by atoms with Crippen molar-refractivity contribution < 1.29 is 25.8 Å². The highest BCUT2D eigenvalue weighted by Crippen LogP contribution is 2.31. The van der Waals surface area contributed by atoms with E-state index in [1.807, 2.05) is 6.92 Å². The number of hydrazone groups is 1. The van der Waals surface area contributed by atoms with E-state index in [0.717, 1.165) is 22.3 Å². The van der Waals surface area contributed by atoms with Crippen LogP contribution in [0, 0.1) is 18.3 Å². The standard InChI is InChI=1S/C23H22N4O6S3/c1-14(2)13-35(29,30)23-26-27-20(24)19(21(28)25-22(27)34-23)12-16-6-8-17(9-7-16)33-36(31,32)18-10-4-15(3)5-11-18/h4-12,14,24H,13H2,1-3H3/b19-12-,24-20?.